The number of benzene rings is 1. The van der Waals surface area contributed by atoms with E-state index < -0.39 is 11.6 Å². The molecule has 0 spiro atoms. The van der Waals surface area contributed by atoms with E-state index in [1.165, 1.54) is 18.2 Å². The third kappa shape index (κ3) is 1.72. The Morgan fingerprint density at radius 1 is 0.929 bits per heavy atom. The molecule has 0 atom stereocenters. The molecule has 2 rings (SSSR count). The van der Waals surface area contributed by atoms with Crippen LogP contribution in [-0.4, -0.2) is 13.1 Å². The van der Waals surface area contributed by atoms with Crippen LogP contribution in [0.3, 0.4) is 0 Å². The Kier molecular flexibility index (Phi) is 2.66. The van der Waals surface area contributed by atoms with E-state index in [0.717, 1.165) is 32.4 Å². The molecule has 1 aliphatic heterocycles. The molecule has 0 unspecified atom stereocenters. The van der Waals surface area contributed by atoms with E-state index in [1.807, 2.05) is 0 Å². The van der Waals surface area contributed by atoms with Crippen LogP contribution in [0.1, 0.15) is 19.3 Å². The van der Waals surface area contributed by atoms with Crippen molar-refractivity contribution in [2.45, 2.75) is 19.3 Å². The predicted molar refractivity (Wildman–Crippen MR) is 52.4 cm³/mol. The van der Waals surface area contributed by atoms with Crippen molar-refractivity contribution in [1.29, 1.82) is 0 Å². The lowest BCUT2D eigenvalue weighted by molar-refractivity contribution is 0.531. The topological polar surface area (TPSA) is 3.24 Å². The van der Waals surface area contributed by atoms with Crippen LogP contribution in [0.15, 0.2) is 18.2 Å². The van der Waals surface area contributed by atoms with Crippen LogP contribution in [-0.2, 0) is 0 Å². The molecule has 1 heterocycles. The fourth-order valence-electron chi connectivity index (χ4n) is 1.91. The van der Waals surface area contributed by atoms with Crippen LogP contribution in [0.4, 0.5) is 14.5 Å². The zero-order valence-electron chi connectivity index (χ0n) is 7.97. The maximum Gasteiger partial charge on any atom is 0.149 e. The van der Waals surface area contributed by atoms with Crippen molar-refractivity contribution >= 4 is 5.69 Å². The van der Waals surface area contributed by atoms with E-state index >= 15 is 0 Å². The lowest BCUT2D eigenvalue weighted by atomic mass is 10.1. The van der Waals surface area contributed by atoms with Crippen molar-refractivity contribution in [3.63, 3.8) is 0 Å². The first kappa shape index (κ1) is 9.44. The molecule has 0 radical (unpaired) electrons. The standard InChI is InChI=1S/C11H13F2N/c12-9-5-4-6-10(13)11(9)14-7-2-1-3-8-14/h4-6H,1-3,7-8H2. The van der Waals surface area contributed by atoms with E-state index in [4.69, 9.17) is 0 Å². The largest absolute Gasteiger partial charge is 0.367 e. The number of hydrogen-bond acceptors (Lipinski definition) is 1. The van der Waals surface area contributed by atoms with Crippen LogP contribution in [0.2, 0.25) is 0 Å². The molecule has 1 nitrogen and oxygen atoms in total. The van der Waals surface area contributed by atoms with E-state index in [-0.39, 0.29) is 5.69 Å². The Bertz CT molecular complexity index is 299. The van der Waals surface area contributed by atoms with Crippen LogP contribution in [0.5, 0.6) is 0 Å². The fraction of sp³-hybridized carbons (Fsp3) is 0.455. The molecule has 1 aliphatic rings. The molecule has 1 fully saturated rings. The smallest absolute Gasteiger partial charge is 0.149 e. The Balaban J connectivity index is 2.29. The first-order valence-electron chi connectivity index (χ1n) is 4.98. The molecule has 1 aromatic rings. The maximum absolute atomic E-state index is 13.4. The van der Waals surface area contributed by atoms with Crippen molar-refractivity contribution in [2.75, 3.05) is 18.0 Å². The van der Waals surface area contributed by atoms with Gasteiger partial charge in [-0.3, -0.25) is 0 Å². The van der Waals surface area contributed by atoms with Crippen molar-refractivity contribution in [3.05, 3.63) is 29.8 Å². The summed E-state index contributed by atoms with van der Waals surface area (Å²) in [7, 11) is 0. The summed E-state index contributed by atoms with van der Waals surface area (Å²) in [5, 5.41) is 0. The van der Waals surface area contributed by atoms with Crippen LogP contribution in [0.25, 0.3) is 0 Å². The third-order valence-electron chi connectivity index (χ3n) is 2.61. The van der Waals surface area contributed by atoms with Gasteiger partial charge in [-0.25, -0.2) is 8.78 Å². The van der Waals surface area contributed by atoms with Crippen molar-refractivity contribution < 1.29 is 8.78 Å². The molecule has 14 heavy (non-hydrogen) atoms. The molecule has 0 saturated carbocycles. The molecule has 0 aliphatic carbocycles. The van der Waals surface area contributed by atoms with E-state index in [1.54, 1.807) is 4.90 Å². The minimum Gasteiger partial charge on any atom is -0.367 e. The Labute approximate surface area is 82.3 Å². The normalized spacial score (nSPS) is 17.1. The quantitative estimate of drug-likeness (QED) is 0.669. The second-order valence-corrected chi connectivity index (χ2v) is 3.62. The molecule has 76 valence electrons. The number of anilines is 1. The Hall–Kier alpha value is -1.12. The summed E-state index contributed by atoms with van der Waals surface area (Å²) in [6.45, 7) is 1.52. The van der Waals surface area contributed by atoms with E-state index in [0.29, 0.717) is 0 Å². The molecular weight excluding hydrogens is 184 g/mol. The number of hydrogen-bond donors (Lipinski definition) is 0. The Morgan fingerprint density at radius 3 is 2.07 bits per heavy atom. The van der Waals surface area contributed by atoms with Gasteiger partial charge in [-0.05, 0) is 31.4 Å². The summed E-state index contributed by atoms with van der Waals surface area (Å²) in [5.41, 5.74) is 0.146. The predicted octanol–water partition coefficient (Wildman–Crippen LogP) is 2.96. The lowest BCUT2D eigenvalue weighted by Gasteiger charge is -2.29. The first-order chi connectivity index (χ1) is 6.79. The van der Waals surface area contributed by atoms with Crippen LogP contribution in [0, 0.1) is 11.6 Å². The highest BCUT2D eigenvalue weighted by Crippen LogP contribution is 2.25. The summed E-state index contributed by atoms with van der Waals surface area (Å²) in [6, 6.07) is 4.03. The maximum atomic E-state index is 13.4. The van der Waals surface area contributed by atoms with Gasteiger partial charge in [0.15, 0.2) is 0 Å². The first-order valence-corrected chi connectivity index (χ1v) is 4.98. The van der Waals surface area contributed by atoms with Gasteiger partial charge in [-0.1, -0.05) is 6.07 Å². The summed E-state index contributed by atoms with van der Waals surface area (Å²) < 4.78 is 26.7. The SMILES string of the molecule is Fc1cccc(F)c1N1CCCCC1. The van der Waals surface area contributed by atoms with Crippen molar-refractivity contribution in [1.82, 2.24) is 0 Å². The number of piperidine rings is 1. The molecular formula is C11H13F2N. The molecule has 0 aromatic heterocycles. The second kappa shape index (κ2) is 3.95. The van der Waals surface area contributed by atoms with Crippen molar-refractivity contribution in [3.8, 4) is 0 Å². The minimum absolute atomic E-state index is 0.146. The van der Waals surface area contributed by atoms with E-state index in [9.17, 15) is 8.78 Å². The third-order valence-corrected chi connectivity index (χ3v) is 2.61. The summed E-state index contributed by atoms with van der Waals surface area (Å²) in [6.07, 6.45) is 3.20. The molecule has 1 saturated heterocycles. The van der Waals surface area contributed by atoms with Gasteiger partial charge < -0.3 is 4.90 Å². The highest BCUT2D eigenvalue weighted by Gasteiger charge is 2.17. The number of halogens is 2. The zero-order chi connectivity index (χ0) is 9.97. The monoisotopic (exact) mass is 197 g/mol. The number of para-hydroxylation sites is 1. The van der Waals surface area contributed by atoms with Gasteiger partial charge in [0, 0.05) is 13.1 Å². The second-order valence-electron chi connectivity index (χ2n) is 3.62. The lowest BCUT2D eigenvalue weighted by Crippen LogP contribution is -2.30. The highest BCUT2D eigenvalue weighted by molar-refractivity contribution is 5.49. The van der Waals surface area contributed by atoms with Crippen LogP contribution >= 0.6 is 0 Å². The van der Waals surface area contributed by atoms with Gasteiger partial charge in [0.2, 0.25) is 0 Å². The molecule has 0 amide bonds. The fourth-order valence-corrected chi connectivity index (χ4v) is 1.91. The summed E-state index contributed by atoms with van der Waals surface area (Å²) in [5.74, 6) is -0.904. The molecule has 0 N–H and O–H groups in total. The van der Waals surface area contributed by atoms with E-state index in [2.05, 4.69) is 0 Å². The molecule has 1 aromatic carbocycles. The van der Waals surface area contributed by atoms with Gasteiger partial charge >= 0.3 is 0 Å². The zero-order valence-corrected chi connectivity index (χ0v) is 7.97. The highest BCUT2D eigenvalue weighted by atomic mass is 19.1. The molecule has 0 bridgehead atoms. The summed E-state index contributed by atoms with van der Waals surface area (Å²) >= 11 is 0. The number of rotatable bonds is 1. The van der Waals surface area contributed by atoms with Crippen molar-refractivity contribution in [2.24, 2.45) is 0 Å². The average Bonchev–Trinajstić information content (AvgIpc) is 2.19. The Morgan fingerprint density at radius 2 is 1.50 bits per heavy atom. The van der Waals surface area contributed by atoms with Gasteiger partial charge in [0.05, 0.1) is 0 Å². The van der Waals surface area contributed by atoms with Gasteiger partial charge in [0.1, 0.15) is 17.3 Å². The average molecular weight is 197 g/mol. The van der Waals surface area contributed by atoms with Gasteiger partial charge in [0.25, 0.3) is 0 Å². The number of nitrogens with zero attached hydrogens (tertiary/aromatic N) is 1. The van der Waals surface area contributed by atoms with Gasteiger partial charge in [-0.15, -0.1) is 0 Å². The minimum atomic E-state index is -0.452. The summed E-state index contributed by atoms with van der Waals surface area (Å²) in [4.78, 5) is 1.80. The van der Waals surface area contributed by atoms with Crippen LogP contribution < -0.4 is 4.90 Å². The molecule has 3 heteroatoms. The van der Waals surface area contributed by atoms with Gasteiger partial charge in [-0.2, -0.15) is 0 Å².